The Kier molecular flexibility index (Phi) is 2.63. The van der Waals surface area contributed by atoms with Crippen molar-refractivity contribution >= 4 is 17.3 Å². The first-order chi connectivity index (χ1) is 8.74. The molecule has 4 heteroatoms. The second-order valence-electron chi connectivity index (χ2n) is 4.85. The summed E-state index contributed by atoms with van der Waals surface area (Å²) in [6.07, 6.45) is 4.47. The highest BCUT2D eigenvalue weighted by Crippen LogP contribution is 2.33. The summed E-state index contributed by atoms with van der Waals surface area (Å²) in [6, 6.07) is 8.47. The van der Waals surface area contributed by atoms with Gasteiger partial charge in [-0.05, 0) is 24.0 Å². The summed E-state index contributed by atoms with van der Waals surface area (Å²) in [5, 5.41) is 0. The molecule has 1 unspecified atom stereocenters. The largest absolute Gasteiger partial charge is 0.382 e. The lowest BCUT2D eigenvalue weighted by atomic mass is 9.94. The maximum absolute atomic E-state index is 5.59. The van der Waals surface area contributed by atoms with E-state index in [1.807, 2.05) is 0 Å². The molecule has 4 nitrogen and oxygen atoms in total. The summed E-state index contributed by atoms with van der Waals surface area (Å²) >= 11 is 0. The van der Waals surface area contributed by atoms with Crippen LogP contribution in [0, 0.1) is 5.92 Å². The smallest absolute Gasteiger partial charge is 0.151 e. The summed E-state index contributed by atoms with van der Waals surface area (Å²) in [6.45, 7) is 3.23. The molecule has 2 N–H and O–H groups in total. The molecule has 1 aromatic carbocycles. The zero-order chi connectivity index (χ0) is 12.5. The Morgan fingerprint density at radius 2 is 2.06 bits per heavy atom. The summed E-state index contributed by atoms with van der Waals surface area (Å²) in [7, 11) is 0. The van der Waals surface area contributed by atoms with Gasteiger partial charge in [0.25, 0.3) is 0 Å². The fraction of sp³-hybridized carbons (Fsp3) is 0.286. The summed E-state index contributed by atoms with van der Waals surface area (Å²) < 4.78 is 0. The monoisotopic (exact) mass is 240 g/mol. The standard InChI is InChI=1S/C14H16N4/c1-10-6-11-4-2-3-5-12(11)18(9-10)14-8-16-13(15)7-17-14/h2-5,7-8,10H,6,9H2,1H3,(H2,15,16). The molecule has 1 aliphatic heterocycles. The molecule has 0 amide bonds. The Labute approximate surface area is 106 Å². The lowest BCUT2D eigenvalue weighted by Crippen LogP contribution is -2.31. The molecule has 0 radical (unpaired) electrons. The quantitative estimate of drug-likeness (QED) is 0.831. The van der Waals surface area contributed by atoms with Crippen molar-refractivity contribution in [2.75, 3.05) is 17.2 Å². The Morgan fingerprint density at radius 3 is 2.83 bits per heavy atom. The van der Waals surface area contributed by atoms with Crippen molar-refractivity contribution in [3.8, 4) is 0 Å². The topological polar surface area (TPSA) is 55.0 Å². The summed E-state index contributed by atoms with van der Waals surface area (Å²) in [4.78, 5) is 10.7. The molecule has 0 bridgehead atoms. The van der Waals surface area contributed by atoms with Crippen LogP contribution in [0.3, 0.4) is 0 Å². The fourth-order valence-corrected chi connectivity index (χ4v) is 2.48. The van der Waals surface area contributed by atoms with Gasteiger partial charge in [0.2, 0.25) is 0 Å². The van der Waals surface area contributed by atoms with Crippen molar-refractivity contribution in [2.45, 2.75) is 13.3 Å². The van der Waals surface area contributed by atoms with Crippen LogP contribution in [0.25, 0.3) is 0 Å². The van der Waals surface area contributed by atoms with Gasteiger partial charge in [-0.15, -0.1) is 0 Å². The van der Waals surface area contributed by atoms with Crippen LogP contribution in [-0.2, 0) is 6.42 Å². The van der Waals surface area contributed by atoms with E-state index in [0.29, 0.717) is 11.7 Å². The third-order valence-corrected chi connectivity index (χ3v) is 3.28. The van der Waals surface area contributed by atoms with Gasteiger partial charge in [-0.3, -0.25) is 0 Å². The minimum atomic E-state index is 0.456. The van der Waals surface area contributed by atoms with Crippen LogP contribution in [0.2, 0.25) is 0 Å². The van der Waals surface area contributed by atoms with Crippen LogP contribution < -0.4 is 10.6 Å². The second-order valence-corrected chi connectivity index (χ2v) is 4.85. The maximum Gasteiger partial charge on any atom is 0.151 e. The predicted octanol–water partition coefficient (Wildman–Crippen LogP) is 2.39. The lowest BCUT2D eigenvalue weighted by molar-refractivity contribution is 0.560. The van der Waals surface area contributed by atoms with Crippen LogP contribution >= 0.6 is 0 Å². The number of nitrogen functional groups attached to an aromatic ring is 1. The molecule has 2 aromatic rings. The molecule has 0 saturated heterocycles. The summed E-state index contributed by atoms with van der Waals surface area (Å²) in [5.74, 6) is 1.93. The number of anilines is 3. The van der Waals surface area contributed by atoms with Crippen molar-refractivity contribution in [1.82, 2.24) is 9.97 Å². The van der Waals surface area contributed by atoms with Crippen molar-refractivity contribution < 1.29 is 0 Å². The number of fused-ring (bicyclic) bond motifs is 1. The van der Waals surface area contributed by atoms with E-state index in [0.717, 1.165) is 18.8 Å². The molecule has 18 heavy (non-hydrogen) atoms. The van der Waals surface area contributed by atoms with E-state index in [1.165, 1.54) is 11.3 Å². The highest BCUT2D eigenvalue weighted by molar-refractivity contribution is 5.65. The molecule has 92 valence electrons. The fourth-order valence-electron chi connectivity index (χ4n) is 2.48. The van der Waals surface area contributed by atoms with E-state index >= 15 is 0 Å². The van der Waals surface area contributed by atoms with Gasteiger partial charge in [0.1, 0.15) is 5.82 Å². The number of aromatic nitrogens is 2. The zero-order valence-electron chi connectivity index (χ0n) is 10.4. The van der Waals surface area contributed by atoms with Gasteiger partial charge in [-0.1, -0.05) is 25.1 Å². The lowest BCUT2D eigenvalue weighted by Gasteiger charge is -2.33. The number of nitrogens with two attached hydrogens (primary N) is 1. The average Bonchev–Trinajstić information content (AvgIpc) is 2.38. The molecule has 0 fully saturated rings. The molecule has 1 aromatic heterocycles. The molecule has 1 aliphatic rings. The van der Waals surface area contributed by atoms with Gasteiger partial charge < -0.3 is 10.6 Å². The van der Waals surface area contributed by atoms with Gasteiger partial charge in [0, 0.05) is 12.2 Å². The first-order valence-corrected chi connectivity index (χ1v) is 6.17. The van der Waals surface area contributed by atoms with Crippen LogP contribution in [0.4, 0.5) is 17.3 Å². The van der Waals surface area contributed by atoms with E-state index in [9.17, 15) is 0 Å². The molecule has 0 saturated carbocycles. The van der Waals surface area contributed by atoms with E-state index in [1.54, 1.807) is 12.4 Å². The molecule has 2 heterocycles. The maximum atomic E-state index is 5.59. The number of nitrogens with zero attached hydrogens (tertiary/aromatic N) is 3. The Hall–Kier alpha value is -2.10. The molecule has 0 aliphatic carbocycles. The predicted molar refractivity (Wildman–Crippen MR) is 72.8 cm³/mol. The highest BCUT2D eigenvalue weighted by Gasteiger charge is 2.23. The number of rotatable bonds is 1. The third-order valence-electron chi connectivity index (χ3n) is 3.28. The van der Waals surface area contributed by atoms with Gasteiger partial charge in [-0.2, -0.15) is 0 Å². The van der Waals surface area contributed by atoms with Crippen LogP contribution in [0.15, 0.2) is 36.7 Å². The summed E-state index contributed by atoms with van der Waals surface area (Å²) in [5.41, 5.74) is 8.19. The second kappa shape index (κ2) is 4.29. The molecule has 3 rings (SSSR count). The van der Waals surface area contributed by atoms with Gasteiger partial charge in [0.15, 0.2) is 5.82 Å². The van der Waals surface area contributed by atoms with E-state index in [-0.39, 0.29) is 0 Å². The molecule has 0 spiro atoms. The normalized spacial score (nSPS) is 18.5. The Balaban J connectivity index is 2.04. The zero-order valence-corrected chi connectivity index (χ0v) is 10.4. The van der Waals surface area contributed by atoms with Gasteiger partial charge in [0.05, 0.1) is 12.4 Å². The number of para-hydroxylation sites is 1. The van der Waals surface area contributed by atoms with E-state index in [2.05, 4.69) is 46.1 Å². The number of hydrogen-bond acceptors (Lipinski definition) is 4. The Morgan fingerprint density at radius 1 is 1.22 bits per heavy atom. The molecular weight excluding hydrogens is 224 g/mol. The van der Waals surface area contributed by atoms with Gasteiger partial charge in [-0.25, -0.2) is 9.97 Å². The van der Waals surface area contributed by atoms with Crippen LogP contribution in [0.5, 0.6) is 0 Å². The average molecular weight is 240 g/mol. The Bertz CT molecular complexity index is 550. The van der Waals surface area contributed by atoms with Crippen molar-refractivity contribution in [2.24, 2.45) is 5.92 Å². The molecule has 1 atom stereocenters. The number of benzene rings is 1. The molecular formula is C14H16N4. The van der Waals surface area contributed by atoms with Gasteiger partial charge >= 0.3 is 0 Å². The first-order valence-electron chi connectivity index (χ1n) is 6.17. The minimum Gasteiger partial charge on any atom is -0.382 e. The number of hydrogen-bond donors (Lipinski definition) is 1. The van der Waals surface area contributed by atoms with Crippen LogP contribution in [-0.4, -0.2) is 16.5 Å². The third kappa shape index (κ3) is 1.90. The minimum absolute atomic E-state index is 0.456. The first kappa shape index (κ1) is 11.0. The van der Waals surface area contributed by atoms with E-state index < -0.39 is 0 Å². The van der Waals surface area contributed by atoms with Crippen molar-refractivity contribution in [3.63, 3.8) is 0 Å². The van der Waals surface area contributed by atoms with Crippen molar-refractivity contribution in [3.05, 3.63) is 42.2 Å². The van der Waals surface area contributed by atoms with E-state index in [4.69, 9.17) is 5.73 Å². The van der Waals surface area contributed by atoms with Crippen molar-refractivity contribution in [1.29, 1.82) is 0 Å². The van der Waals surface area contributed by atoms with Crippen LogP contribution in [0.1, 0.15) is 12.5 Å². The SMILES string of the molecule is CC1Cc2ccccc2N(c2cnc(N)cn2)C1. The highest BCUT2D eigenvalue weighted by atomic mass is 15.2.